The molecule has 0 aromatic heterocycles. The number of carbonyl (C=O) groups is 2. The van der Waals surface area contributed by atoms with Gasteiger partial charge in [0, 0.05) is 38.3 Å². The molecule has 0 unspecified atom stereocenters. The number of methoxy groups -OCH3 is 2. The standard InChI is InChI=1S/C21H31N3O4/c1-27-18-9-7-8-16(20(18)28-2)15-24-13-10-22-21(26)17(24)14-19(25)23-11-5-3-4-6-12-23/h7-9,17H,3-6,10-15H2,1-2H3,(H,22,26)/t17-/m0/s1. The van der Waals surface area contributed by atoms with Crippen LogP contribution in [0, 0.1) is 0 Å². The smallest absolute Gasteiger partial charge is 0.237 e. The number of rotatable bonds is 6. The van der Waals surface area contributed by atoms with E-state index in [4.69, 9.17) is 9.47 Å². The molecule has 0 spiro atoms. The van der Waals surface area contributed by atoms with Crippen LogP contribution in [0.1, 0.15) is 37.7 Å². The minimum atomic E-state index is -0.458. The van der Waals surface area contributed by atoms with Gasteiger partial charge in [-0.25, -0.2) is 0 Å². The van der Waals surface area contributed by atoms with Crippen LogP contribution >= 0.6 is 0 Å². The lowest BCUT2D eigenvalue weighted by atomic mass is 10.1. The maximum atomic E-state index is 12.9. The monoisotopic (exact) mass is 389 g/mol. The summed E-state index contributed by atoms with van der Waals surface area (Å²) in [5, 5.41) is 2.91. The fraction of sp³-hybridized carbons (Fsp3) is 0.619. The van der Waals surface area contributed by atoms with Gasteiger partial charge in [0.25, 0.3) is 0 Å². The van der Waals surface area contributed by atoms with E-state index in [0.717, 1.165) is 31.5 Å². The van der Waals surface area contributed by atoms with E-state index >= 15 is 0 Å². The Kier molecular flexibility index (Phi) is 7.14. The van der Waals surface area contributed by atoms with Gasteiger partial charge in [0.1, 0.15) is 0 Å². The Labute approximate surface area is 167 Å². The molecule has 1 aromatic carbocycles. The third-order valence-electron chi connectivity index (χ3n) is 5.63. The summed E-state index contributed by atoms with van der Waals surface area (Å²) >= 11 is 0. The topological polar surface area (TPSA) is 71.1 Å². The van der Waals surface area contributed by atoms with E-state index in [0.29, 0.717) is 31.1 Å². The highest BCUT2D eigenvalue weighted by molar-refractivity contribution is 5.88. The minimum Gasteiger partial charge on any atom is -0.493 e. The Morgan fingerprint density at radius 1 is 1.11 bits per heavy atom. The van der Waals surface area contributed by atoms with Gasteiger partial charge < -0.3 is 19.7 Å². The lowest BCUT2D eigenvalue weighted by Crippen LogP contribution is -2.56. The number of benzene rings is 1. The zero-order valence-electron chi connectivity index (χ0n) is 16.9. The minimum absolute atomic E-state index is 0.0729. The molecule has 3 rings (SSSR count). The van der Waals surface area contributed by atoms with Gasteiger partial charge in [-0.2, -0.15) is 0 Å². The lowest BCUT2D eigenvalue weighted by molar-refractivity contribution is -0.139. The van der Waals surface area contributed by atoms with Gasteiger partial charge in [0.05, 0.1) is 26.7 Å². The van der Waals surface area contributed by atoms with E-state index in [1.54, 1.807) is 14.2 Å². The van der Waals surface area contributed by atoms with Crippen LogP contribution in [0.15, 0.2) is 18.2 Å². The van der Waals surface area contributed by atoms with Crippen molar-refractivity contribution in [2.45, 2.75) is 44.7 Å². The van der Waals surface area contributed by atoms with Gasteiger partial charge in [-0.1, -0.05) is 25.0 Å². The van der Waals surface area contributed by atoms with Crippen molar-refractivity contribution in [1.82, 2.24) is 15.1 Å². The van der Waals surface area contributed by atoms with E-state index in [1.165, 1.54) is 12.8 Å². The van der Waals surface area contributed by atoms with Crippen LogP contribution in [0.5, 0.6) is 11.5 Å². The number of amides is 2. The molecule has 154 valence electrons. The first kappa shape index (κ1) is 20.5. The molecule has 2 saturated heterocycles. The van der Waals surface area contributed by atoms with E-state index in [9.17, 15) is 9.59 Å². The van der Waals surface area contributed by atoms with Crippen molar-refractivity contribution < 1.29 is 19.1 Å². The maximum Gasteiger partial charge on any atom is 0.237 e. The van der Waals surface area contributed by atoms with Crippen LogP contribution in [0.4, 0.5) is 0 Å². The van der Waals surface area contributed by atoms with Crippen LogP contribution < -0.4 is 14.8 Å². The number of carbonyl (C=O) groups excluding carboxylic acids is 2. The summed E-state index contributed by atoms with van der Waals surface area (Å²) in [7, 11) is 3.23. The quantitative estimate of drug-likeness (QED) is 0.803. The number of para-hydroxylation sites is 1. The van der Waals surface area contributed by atoms with Crippen LogP contribution in [0.2, 0.25) is 0 Å². The number of piperazine rings is 1. The molecule has 2 amide bonds. The van der Waals surface area contributed by atoms with Crippen molar-refractivity contribution in [1.29, 1.82) is 0 Å². The normalized spacial score (nSPS) is 21.0. The molecular formula is C21H31N3O4. The second-order valence-electron chi connectivity index (χ2n) is 7.43. The molecule has 1 aromatic rings. The highest BCUT2D eigenvalue weighted by Gasteiger charge is 2.33. The molecule has 1 N–H and O–H groups in total. The van der Waals surface area contributed by atoms with Crippen molar-refractivity contribution in [3.8, 4) is 11.5 Å². The summed E-state index contributed by atoms with van der Waals surface area (Å²) in [6, 6.07) is 5.28. The second kappa shape index (κ2) is 9.78. The molecule has 2 aliphatic heterocycles. The molecule has 0 radical (unpaired) electrons. The Hall–Kier alpha value is -2.28. The first-order chi connectivity index (χ1) is 13.6. The summed E-state index contributed by atoms with van der Waals surface area (Å²) in [6.45, 7) is 3.42. The third-order valence-corrected chi connectivity index (χ3v) is 5.63. The van der Waals surface area contributed by atoms with Crippen LogP contribution in [0.3, 0.4) is 0 Å². The van der Waals surface area contributed by atoms with Gasteiger partial charge in [0.2, 0.25) is 11.8 Å². The van der Waals surface area contributed by atoms with Crippen LogP contribution in [-0.2, 0) is 16.1 Å². The molecule has 0 bridgehead atoms. The first-order valence-electron chi connectivity index (χ1n) is 10.1. The molecule has 0 saturated carbocycles. The molecular weight excluding hydrogens is 358 g/mol. The molecule has 28 heavy (non-hydrogen) atoms. The van der Waals surface area contributed by atoms with Crippen LogP contribution in [-0.4, -0.2) is 68.1 Å². The average molecular weight is 389 g/mol. The van der Waals surface area contributed by atoms with E-state index in [2.05, 4.69) is 10.2 Å². The SMILES string of the molecule is COc1cccc(CN2CCNC(=O)[C@@H]2CC(=O)N2CCCCCC2)c1OC. The Bertz CT molecular complexity index is 686. The largest absolute Gasteiger partial charge is 0.493 e. The predicted octanol–water partition coefficient (Wildman–Crippen LogP) is 1.80. The average Bonchev–Trinajstić information content (AvgIpc) is 3.00. The van der Waals surface area contributed by atoms with Gasteiger partial charge >= 0.3 is 0 Å². The van der Waals surface area contributed by atoms with Crippen molar-refractivity contribution in [3.63, 3.8) is 0 Å². The molecule has 0 aliphatic carbocycles. The summed E-state index contributed by atoms with van der Waals surface area (Å²) < 4.78 is 10.9. The van der Waals surface area contributed by atoms with Gasteiger partial charge in [-0.05, 0) is 18.9 Å². The number of nitrogens with one attached hydrogen (secondary N) is 1. The zero-order chi connectivity index (χ0) is 19.9. The number of nitrogens with zero attached hydrogens (tertiary/aromatic N) is 2. The Morgan fingerprint density at radius 2 is 1.86 bits per heavy atom. The summed E-state index contributed by atoms with van der Waals surface area (Å²) in [4.78, 5) is 29.4. The van der Waals surface area contributed by atoms with Crippen molar-refractivity contribution in [2.24, 2.45) is 0 Å². The molecule has 1 atom stereocenters. The predicted molar refractivity (Wildman–Crippen MR) is 106 cm³/mol. The highest BCUT2D eigenvalue weighted by Crippen LogP contribution is 2.32. The van der Waals surface area contributed by atoms with Gasteiger partial charge in [-0.15, -0.1) is 0 Å². The Balaban J connectivity index is 1.74. The maximum absolute atomic E-state index is 12.9. The number of hydrogen-bond donors (Lipinski definition) is 1. The molecule has 2 fully saturated rings. The van der Waals surface area contributed by atoms with E-state index < -0.39 is 6.04 Å². The van der Waals surface area contributed by atoms with Gasteiger partial charge in [0.15, 0.2) is 11.5 Å². The summed E-state index contributed by atoms with van der Waals surface area (Å²) in [6.07, 6.45) is 4.67. The summed E-state index contributed by atoms with van der Waals surface area (Å²) in [5.41, 5.74) is 0.948. The molecule has 7 heteroatoms. The fourth-order valence-electron chi connectivity index (χ4n) is 4.08. The first-order valence-corrected chi connectivity index (χ1v) is 10.1. The van der Waals surface area contributed by atoms with Gasteiger partial charge in [-0.3, -0.25) is 14.5 Å². The Morgan fingerprint density at radius 3 is 2.54 bits per heavy atom. The molecule has 2 heterocycles. The van der Waals surface area contributed by atoms with Crippen molar-refractivity contribution in [2.75, 3.05) is 40.4 Å². The second-order valence-corrected chi connectivity index (χ2v) is 7.43. The van der Waals surface area contributed by atoms with Crippen molar-refractivity contribution in [3.05, 3.63) is 23.8 Å². The molecule has 7 nitrogen and oxygen atoms in total. The number of hydrogen-bond acceptors (Lipinski definition) is 5. The summed E-state index contributed by atoms with van der Waals surface area (Å²) in [5.74, 6) is 1.34. The zero-order valence-corrected chi connectivity index (χ0v) is 16.9. The van der Waals surface area contributed by atoms with Crippen LogP contribution in [0.25, 0.3) is 0 Å². The molecule has 2 aliphatic rings. The fourth-order valence-corrected chi connectivity index (χ4v) is 4.08. The number of ether oxygens (including phenoxy) is 2. The third kappa shape index (κ3) is 4.76. The lowest BCUT2D eigenvalue weighted by Gasteiger charge is -2.36. The van der Waals surface area contributed by atoms with Crippen molar-refractivity contribution >= 4 is 11.8 Å². The highest BCUT2D eigenvalue weighted by atomic mass is 16.5. The number of likely N-dealkylation sites (tertiary alicyclic amines) is 1. The van der Waals surface area contributed by atoms with E-state index in [-0.39, 0.29) is 18.2 Å². The van der Waals surface area contributed by atoms with E-state index in [1.807, 2.05) is 23.1 Å².